The maximum absolute atomic E-state index is 5.79. The lowest BCUT2D eigenvalue weighted by Gasteiger charge is -2.43. The Labute approximate surface area is 99.5 Å². The fraction of sp³-hybridized carbons (Fsp3) is 1.00. The van der Waals surface area contributed by atoms with Gasteiger partial charge in [-0.05, 0) is 33.1 Å². The van der Waals surface area contributed by atoms with Crippen molar-refractivity contribution in [1.29, 1.82) is 0 Å². The molecule has 1 saturated heterocycles. The molecule has 0 aromatic rings. The fourth-order valence-electron chi connectivity index (χ4n) is 2.51. The summed E-state index contributed by atoms with van der Waals surface area (Å²) in [6.45, 7) is 5.42. The third kappa shape index (κ3) is 2.65. The maximum Gasteiger partial charge on any atom is 0.397 e. The van der Waals surface area contributed by atoms with Crippen LogP contribution >= 0.6 is 0 Å². The molecule has 1 aliphatic heterocycles. The summed E-state index contributed by atoms with van der Waals surface area (Å²) in [6.07, 6.45) is 3.16. The van der Waals surface area contributed by atoms with Gasteiger partial charge in [-0.1, -0.05) is 0 Å². The van der Waals surface area contributed by atoms with Gasteiger partial charge in [-0.3, -0.25) is 0 Å². The standard InChI is InChI=1S/C11H24O4Si/c1-5-14-10-8-7-9-11(15-6-2)16(10,12-3)13-4/h10-11H,5-9H2,1-4H3. The second-order valence-corrected chi connectivity index (χ2v) is 7.50. The van der Waals surface area contributed by atoms with Crippen molar-refractivity contribution >= 4 is 8.56 Å². The number of hydrogen-bond donors (Lipinski definition) is 0. The van der Waals surface area contributed by atoms with E-state index in [1.165, 1.54) is 0 Å². The van der Waals surface area contributed by atoms with Gasteiger partial charge < -0.3 is 18.3 Å². The Morgan fingerprint density at radius 2 is 1.38 bits per heavy atom. The lowest BCUT2D eigenvalue weighted by molar-refractivity contribution is -0.00679. The maximum atomic E-state index is 5.79. The minimum absolute atomic E-state index is 0.0952. The summed E-state index contributed by atoms with van der Waals surface area (Å²) in [5.41, 5.74) is 0.190. The van der Waals surface area contributed by atoms with Gasteiger partial charge in [0.25, 0.3) is 0 Å². The molecule has 0 aromatic carbocycles. The van der Waals surface area contributed by atoms with Gasteiger partial charge in [0, 0.05) is 27.4 Å². The summed E-state index contributed by atoms with van der Waals surface area (Å²) in [5, 5.41) is 0. The zero-order valence-corrected chi connectivity index (χ0v) is 11.8. The van der Waals surface area contributed by atoms with Crippen molar-refractivity contribution in [3.8, 4) is 0 Å². The van der Waals surface area contributed by atoms with E-state index in [0.29, 0.717) is 13.2 Å². The first-order valence-electron chi connectivity index (χ1n) is 6.08. The van der Waals surface area contributed by atoms with E-state index in [1.807, 2.05) is 13.8 Å². The zero-order valence-electron chi connectivity index (χ0n) is 10.8. The molecular formula is C11H24O4Si. The van der Waals surface area contributed by atoms with Crippen LogP contribution in [0.15, 0.2) is 0 Å². The molecule has 0 amide bonds. The van der Waals surface area contributed by atoms with Crippen LogP contribution in [0.4, 0.5) is 0 Å². The van der Waals surface area contributed by atoms with Crippen molar-refractivity contribution in [1.82, 2.24) is 0 Å². The van der Waals surface area contributed by atoms with E-state index < -0.39 is 8.56 Å². The van der Waals surface area contributed by atoms with Crippen LogP contribution in [-0.2, 0) is 18.3 Å². The predicted molar refractivity (Wildman–Crippen MR) is 64.5 cm³/mol. The third-order valence-corrected chi connectivity index (χ3v) is 7.19. The molecule has 1 aliphatic rings. The quantitative estimate of drug-likeness (QED) is 0.672. The number of ether oxygens (including phenoxy) is 2. The second-order valence-electron chi connectivity index (χ2n) is 3.95. The monoisotopic (exact) mass is 248 g/mol. The highest BCUT2D eigenvalue weighted by molar-refractivity contribution is 6.70. The molecule has 16 heavy (non-hydrogen) atoms. The lowest BCUT2D eigenvalue weighted by Crippen LogP contribution is -2.65. The highest BCUT2D eigenvalue weighted by Gasteiger charge is 2.55. The van der Waals surface area contributed by atoms with Crippen molar-refractivity contribution in [2.75, 3.05) is 27.4 Å². The molecule has 2 atom stereocenters. The summed E-state index contributed by atoms with van der Waals surface area (Å²) in [7, 11) is 1.07. The summed E-state index contributed by atoms with van der Waals surface area (Å²) in [5.74, 6) is 0. The molecule has 0 saturated carbocycles. The van der Waals surface area contributed by atoms with Crippen LogP contribution in [0.1, 0.15) is 33.1 Å². The van der Waals surface area contributed by atoms with Crippen LogP contribution in [0.2, 0.25) is 0 Å². The van der Waals surface area contributed by atoms with Crippen molar-refractivity contribution in [3.05, 3.63) is 0 Å². The van der Waals surface area contributed by atoms with Crippen molar-refractivity contribution < 1.29 is 18.3 Å². The molecule has 96 valence electrons. The van der Waals surface area contributed by atoms with Crippen molar-refractivity contribution in [2.24, 2.45) is 0 Å². The Kier molecular flexibility index (Phi) is 5.92. The molecule has 5 heteroatoms. The van der Waals surface area contributed by atoms with E-state index in [-0.39, 0.29) is 11.5 Å². The van der Waals surface area contributed by atoms with Crippen LogP contribution in [0.3, 0.4) is 0 Å². The molecule has 1 rings (SSSR count). The smallest absolute Gasteiger partial charge is 0.395 e. The molecule has 0 radical (unpaired) electrons. The first-order valence-corrected chi connectivity index (χ1v) is 8.05. The summed E-state index contributed by atoms with van der Waals surface area (Å²) >= 11 is 0. The Morgan fingerprint density at radius 3 is 1.69 bits per heavy atom. The largest absolute Gasteiger partial charge is 0.397 e. The minimum Gasteiger partial charge on any atom is -0.395 e. The van der Waals surface area contributed by atoms with E-state index in [1.54, 1.807) is 14.2 Å². The SMILES string of the molecule is CCOC1CCCC(OCC)[Si]1(OC)OC. The average Bonchev–Trinajstić information content (AvgIpc) is 2.31. The highest BCUT2D eigenvalue weighted by atomic mass is 28.4. The van der Waals surface area contributed by atoms with Gasteiger partial charge in [-0.15, -0.1) is 0 Å². The predicted octanol–water partition coefficient (Wildman–Crippen LogP) is 1.79. The van der Waals surface area contributed by atoms with E-state index in [4.69, 9.17) is 18.3 Å². The zero-order chi connectivity index (χ0) is 12.0. The Hall–Kier alpha value is 0.0569. The Morgan fingerprint density at radius 1 is 0.938 bits per heavy atom. The van der Waals surface area contributed by atoms with Crippen LogP contribution in [0, 0.1) is 0 Å². The first kappa shape index (κ1) is 14.1. The van der Waals surface area contributed by atoms with Gasteiger partial charge in [0.1, 0.15) is 11.5 Å². The lowest BCUT2D eigenvalue weighted by atomic mass is 10.2. The van der Waals surface area contributed by atoms with E-state index in [0.717, 1.165) is 19.3 Å². The fourth-order valence-corrected chi connectivity index (χ4v) is 6.15. The molecule has 2 unspecified atom stereocenters. The summed E-state index contributed by atoms with van der Waals surface area (Å²) in [4.78, 5) is 0. The van der Waals surface area contributed by atoms with Gasteiger partial charge in [0.15, 0.2) is 0 Å². The number of hydrogen-bond acceptors (Lipinski definition) is 4. The van der Waals surface area contributed by atoms with Crippen molar-refractivity contribution in [2.45, 2.75) is 44.6 Å². The second kappa shape index (κ2) is 6.71. The van der Waals surface area contributed by atoms with E-state index >= 15 is 0 Å². The van der Waals surface area contributed by atoms with Crippen molar-refractivity contribution in [3.63, 3.8) is 0 Å². The molecule has 0 bridgehead atoms. The molecular weight excluding hydrogens is 224 g/mol. The van der Waals surface area contributed by atoms with Gasteiger partial charge in [0.2, 0.25) is 0 Å². The van der Waals surface area contributed by atoms with E-state index in [2.05, 4.69) is 0 Å². The summed E-state index contributed by atoms with van der Waals surface area (Å²) in [6, 6.07) is 0. The minimum atomic E-state index is -2.38. The highest BCUT2D eigenvalue weighted by Crippen LogP contribution is 2.32. The first-order chi connectivity index (χ1) is 7.75. The molecule has 1 fully saturated rings. The Bertz CT molecular complexity index is 176. The normalized spacial score (nSPS) is 29.2. The van der Waals surface area contributed by atoms with Crippen LogP contribution in [0.5, 0.6) is 0 Å². The van der Waals surface area contributed by atoms with Crippen LogP contribution in [0.25, 0.3) is 0 Å². The van der Waals surface area contributed by atoms with Crippen LogP contribution in [-0.4, -0.2) is 47.4 Å². The number of rotatable bonds is 6. The molecule has 0 aliphatic carbocycles. The van der Waals surface area contributed by atoms with Gasteiger partial charge in [-0.25, -0.2) is 0 Å². The molecule has 1 heterocycles. The topological polar surface area (TPSA) is 36.9 Å². The Balaban J connectivity index is 2.83. The van der Waals surface area contributed by atoms with E-state index in [9.17, 15) is 0 Å². The van der Waals surface area contributed by atoms with Gasteiger partial charge >= 0.3 is 8.56 Å². The summed E-state index contributed by atoms with van der Waals surface area (Å²) < 4.78 is 23.0. The average molecular weight is 248 g/mol. The van der Waals surface area contributed by atoms with Gasteiger partial charge in [0.05, 0.1) is 0 Å². The molecule has 0 N–H and O–H groups in total. The van der Waals surface area contributed by atoms with Crippen LogP contribution < -0.4 is 0 Å². The molecule has 4 nitrogen and oxygen atoms in total. The molecule has 0 spiro atoms. The molecule has 0 aromatic heterocycles. The van der Waals surface area contributed by atoms with Gasteiger partial charge in [-0.2, -0.15) is 0 Å². The third-order valence-electron chi connectivity index (χ3n) is 3.20.